The van der Waals surface area contributed by atoms with Gasteiger partial charge in [0.2, 0.25) is 5.76 Å². The number of ether oxygens (including phenoxy) is 2. The van der Waals surface area contributed by atoms with Crippen molar-refractivity contribution < 1.29 is 23.5 Å². The molecule has 2 amide bonds. The van der Waals surface area contributed by atoms with E-state index in [1.807, 2.05) is 60.7 Å². The maximum absolute atomic E-state index is 13.0. The summed E-state index contributed by atoms with van der Waals surface area (Å²) in [6.07, 6.45) is 1.54. The van der Waals surface area contributed by atoms with E-state index >= 15 is 0 Å². The van der Waals surface area contributed by atoms with E-state index < -0.39 is 11.8 Å². The lowest BCUT2D eigenvalue weighted by molar-refractivity contribution is 0.0830. The van der Waals surface area contributed by atoms with Gasteiger partial charge < -0.3 is 13.9 Å². The number of methoxy groups -OCH3 is 2. The molecular formula is C26H22N2O5. The molecule has 0 saturated heterocycles. The maximum atomic E-state index is 13.0. The normalized spacial score (nSPS) is 10.4. The van der Waals surface area contributed by atoms with E-state index in [9.17, 15) is 9.59 Å². The zero-order valence-electron chi connectivity index (χ0n) is 18.1. The fourth-order valence-corrected chi connectivity index (χ4v) is 3.47. The Balaban J connectivity index is 1.60. The van der Waals surface area contributed by atoms with Gasteiger partial charge in [-0.15, -0.1) is 0 Å². The molecule has 0 aliphatic rings. The van der Waals surface area contributed by atoms with E-state index in [1.54, 1.807) is 24.5 Å². The molecule has 0 unspecified atom stereocenters. The fourth-order valence-electron chi connectivity index (χ4n) is 3.47. The number of hydrazine groups is 1. The summed E-state index contributed by atoms with van der Waals surface area (Å²) in [6.45, 7) is 0. The molecule has 2 N–H and O–H groups in total. The molecule has 7 nitrogen and oxygen atoms in total. The Morgan fingerprint density at radius 1 is 0.758 bits per heavy atom. The largest absolute Gasteiger partial charge is 0.497 e. The summed E-state index contributed by atoms with van der Waals surface area (Å²) < 4.78 is 16.1. The predicted octanol–water partition coefficient (Wildman–Crippen LogP) is 4.71. The van der Waals surface area contributed by atoms with Crippen molar-refractivity contribution in [3.05, 3.63) is 96.4 Å². The summed E-state index contributed by atoms with van der Waals surface area (Å²) in [5.41, 5.74) is 8.23. The quantitative estimate of drug-likeness (QED) is 0.422. The molecule has 1 heterocycles. The van der Waals surface area contributed by atoms with Gasteiger partial charge in [-0.25, -0.2) is 0 Å². The first-order valence-corrected chi connectivity index (χ1v) is 10.2. The standard InChI is InChI=1S/C26H22N2O5/c1-31-19-13-14-20(22(15-19)32-2)25(29)27-28-26(30)24-23(18-11-7-4-8-12-18)21(16-33-24)17-9-5-3-6-10-17/h3-16H,1-2H3,(H,27,29)(H,28,30). The number of nitrogens with one attached hydrogen (secondary N) is 2. The Morgan fingerprint density at radius 2 is 1.39 bits per heavy atom. The lowest BCUT2D eigenvalue weighted by atomic mass is 9.96. The molecule has 0 saturated carbocycles. The van der Waals surface area contributed by atoms with Crippen LogP contribution in [0.1, 0.15) is 20.9 Å². The zero-order valence-corrected chi connectivity index (χ0v) is 18.1. The van der Waals surface area contributed by atoms with Gasteiger partial charge in [-0.05, 0) is 23.3 Å². The van der Waals surface area contributed by atoms with Crippen LogP contribution >= 0.6 is 0 Å². The monoisotopic (exact) mass is 442 g/mol. The van der Waals surface area contributed by atoms with Gasteiger partial charge in [-0.1, -0.05) is 60.7 Å². The third kappa shape index (κ3) is 4.57. The number of carbonyl (C=O) groups is 2. The highest BCUT2D eigenvalue weighted by Crippen LogP contribution is 2.36. The molecule has 0 aliphatic carbocycles. The van der Waals surface area contributed by atoms with E-state index in [4.69, 9.17) is 13.9 Å². The first-order chi connectivity index (χ1) is 16.1. The van der Waals surface area contributed by atoms with Crippen molar-refractivity contribution in [2.45, 2.75) is 0 Å². The second kappa shape index (κ2) is 9.74. The van der Waals surface area contributed by atoms with Crippen LogP contribution in [0.25, 0.3) is 22.3 Å². The number of rotatable bonds is 6. The smallest absolute Gasteiger partial charge is 0.306 e. The molecule has 1 aromatic heterocycles. The average Bonchev–Trinajstić information content (AvgIpc) is 3.33. The highest BCUT2D eigenvalue weighted by molar-refractivity contribution is 6.04. The molecule has 0 spiro atoms. The van der Waals surface area contributed by atoms with Crippen molar-refractivity contribution in [1.82, 2.24) is 10.9 Å². The van der Waals surface area contributed by atoms with Crippen molar-refractivity contribution in [3.63, 3.8) is 0 Å². The zero-order chi connectivity index (χ0) is 23.2. The van der Waals surface area contributed by atoms with Gasteiger partial charge in [0.05, 0.1) is 26.0 Å². The number of hydrogen-bond donors (Lipinski definition) is 2. The topological polar surface area (TPSA) is 89.8 Å². The summed E-state index contributed by atoms with van der Waals surface area (Å²) in [4.78, 5) is 25.7. The average molecular weight is 442 g/mol. The van der Waals surface area contributed by atoms with E-state index in [2.05, 4.69) is 10.9 Å². The minimum Gasteiger partial charge on any atom is -0.497 e. The van der Waals surface area contributed by atoms with Crippen LogP contribution in [-0.4, -0.2) is 26.0 Å². The van der Waals surface area contributed by atoms with Gasteiger partial charge >= 0.3 is 5.91 Å². The molecule has 166 valence electrons. The van der Waals surface area contributed by atoms with E-state index in [1.165, 1.54) is 14.2 Å². The molecule has 0 atom stereocenters. The second-order valence-electron chi connectivity index (χ2n) is 7.06. The van der Waals surface area contributed by atoms with Gasteiger partial charge in [-0.2, -0.15) is 0 Å². The summed E-state index contributed by atoms with van der Waals surface area (Å²) in [6, 6.07) is 23.9. The van der Waals surface area contributed by atoms with Crippen molar-refractivity contribution in [2.75, 3.05) is 14.2 Å². The number of amides is 2. The summed E-state index contributed by atoms with van der Waals surface area (Å²) in [5.74, 6) is -0.183. The lowest BCUT2D eigenvalue weighted by Gasteiger charge is -2.12. The molecule has 0 bridgehead atoms. The van der Waals surface area contributed by atoms with E-state index in [0.717, 1.165) is 16.7 Å². The molecule has 3 aromatic carbocycles. The second-order valence-corrected chi connectivity index (χ2v) is 7.06. The van der Waals surface area contributed by atoms with Gasteiger partial charge in [0, 0.05) is 17.2 Å². The molecular weight excluding hydrogens is 420 g/mol. The van der Waals surface area contributed by atoms with Crippen LogP contribution in [0.2, 0.25) is 0 Å². The van der Waals surface area contributed by atoms with Crippen molar-refractivity contribution in [2.24, 2.45) is 0 Å². The van der Waals surface area contributed by atoms with Crippen LogP contribution in [0, 0.1) is 0 Å². The Hall–Kier alpha value is -4.52. The molecule has 4 rings (SSSR count). The Labute approximate surface area is 190 Å². The van der Waals surface area contributed by atoms with Crippen LogP contribution in [0.4, 0.5) is 0 Å². The van der Waals surface area contributed by atoms with Gasteiger partial charge in [-0.3, -0.25) is 20.4 Å². The maximum Gasteiger partial charge on any atom is 0.306 e. The number of carbonyl (C=O) groups excluding carboxylic acids is 2. The van der Waals surface area contributed by atoms with Gasteiger partial charge in [0.1, 0.15) is 11.5 Å². The fraction of sp³-hybridized carbons (Fsp3) is 0.0769. The first kappa shape index (κ1) is 21.7. The van der Waals surface area contributed by atoms with Crippen LogP contribution in [0.3, 0.4) is 0 Å². The Bertz CT molecular complexity index is 1270. The van der Waals surface area contributed by atoms with Crippen LogP contribution < -0.4 is 20.3 Å². The molecule has 33 heavy (non-hydrogen) atoms. The molecule has 0 aliphatic heterocycles. The Morgan fingerprint density at radius 3 is 2.03 bits per heavy atom. The first-order valence-electron chi connectivity index (χ1n) is 10.2. The lowest BCUT2D eigenvalue weighted by Crippen LogP contribution is -2.41. The van der Waals surface area contributed by atoms with Gasteiger partial charge in [0.25, 0.3) is 5.91 Å². The highest BCUT2D eigenvalue weighted by atomic mass is 16.5. The molecule has 4 aromatic rings. The molecule has 0 fully saturated rings. The van der Waals surface area contributed by atoms with E-state index in [-0.39, 0.29) is 11.3 Å². The summed E-state index contributed by atoms with van der Waals surface area (Å²) >= 11 is 0. The van der Waals surface area contributed by atoms with Crippen molar-refractivity contribution in [3.8, 4) is 33.8 Å². The van der Waals surface area contributed by atoms with Gasteiger partial charge in [0.15, 0.2) is 0 Å². The minimum atomic E-state index is -0.586. The third-order valence-electron chi connectivity index (χ3n) is 5.09. The van der Waals surface area contributed by atoms with E-state index in [0.29, 0.717) is 17.1 Å². The van der Waals surface area contributed by atoms with Crippen LogP contribution in [0.5, 0.6) is 11.5 Å². The SMILES string of the molecule is COc1ccc(C(=O)NNC(=O)c2occ(-c3ccccc3)c2-c2ccccc2)c(OC)c1. The number of benzene rings is 3. The molecule has 7 heteroatoms. The molecule has 0 radical (unpaired) electrons. The predicted molar refractivity (Wildman–Crippen MR) is 124 cm³/mol. The van der Waals surface area contributed by atoms with Crippen molar-refractivity contribution in [1.29, 1.82) is 0 Å². The number of furan rings is 1. The number of hydrogen-bond acceptors (Lipinski definition) is 5. The summed E-state index contributed by atoms with van der Waals surface area (Å²) in [5, 5.41) is 0. The third-order valence-corrected chi connectivity index (χ3v) is 5.09. The summed E-state index contributed by atoms with van der Waals surface area (Å²) in [7, 11) is 2.97. The highest BCUT2D eigenvalue weighted by Gasteiger charge is 2.23. The van der Waals surface area contributed by atoms with Crippen LogP contribution in [0.15, 0.2) is 89.5 Å². The Kier molecular flexibility index (Phi) is 6.40. The van der Waals surface area contributed by atoms with Crippen LogP contribution in [-0.2, 0) is 0 Å². The minimum absolute atomic E-state index is 0.0852. The van der Waals surface area contributed by atoms with Crippen molar-refractivity contribution >= 4 is 11.8 Å².